The molecule has 2 aromatic carbocycles. The van der Waals surface area contributed by atoms with Gasteiger partial charge in [-0.25, -0.2) is 4.98 Å². The number of nitrogens with two attached hydrogens (primary N) is 1. The highest BCUT2D eigenvalue weighted by atomic mass is 32.2. The third-order valence-corrected chi connectivity index (χ3v) is 4.02. The van der Waals surface area contributed by atoms with Gasteiger partial charge in [-0.2, -0.15) is 0 Å². The highest BCUT2D eigenvalue weighted by Crippen LogP contribution is 2.23. The Labute approximate surface area is 125 Å². The van der Waals surface area contributed by atoms with Crippen molar-refractivity contribution < 1.29 is 5.21 Å². The van der Waals surface area contributed by atoms with E-state index in [1.807, 2.05) is 48.5 Å². The van der Waals surface area contributed by atoms with Gasteiger partial charge in [0.15, 0.2) is 11.0 Å². The van der Waals surface area contributed by atoms with E-state index in [2.05, 4.69) is 15.1 Å². The van der Waals surface area contributed by atoms with E-state index >= 15 is 0 Å². The Bertz CT molecular complexity index is 764. The zero-order valence-electron chi connectivity index (χ0n) is 11.2. The van der Waals surface area contributed by atoms with E-state index in [-0.39, 0.29) is 5.84 Å². The van der Waals surface area contributed by atoms with Gasteiger partial charge in [-0.05, 0) is 23.8 Å². The number of hydrogen-bond acceptors (Lipinski definition) is 4. The third-order valence-electron chi connectivity index (χ3n) is 3.07. The largest absolute Gasteiger partial charge is 0.409 e. The minimum atomic E-state index is 0.116. The van der Waals surface area contributed by atoms with Gasteiger partial charge in [0.2, 0.25) is 0 Å². The predicted molar refractivity (Wildman–Crippen MR) is 84.6 cm³/mol. The van der Waals surface area contributed by atoms with Gasteiger partial charge in [0, 0.05) is 11.3 Å². The highest BCUT2D eigenvalue weighted by molar-refractivity contribution is 7.98. The minimum Gasteiger partial charge on any atom is -0.409 e. The second-order valence-electron chi connectivity index (χ2n) is 4.53. The first-order chi connectivity index (χ1) is 10.3. The highest BCUT2D eigenvalue weighted by Gasteiger charge is 2.05. The Balaban J connectivity index is 1.75. The van der Waals surface area contributed by atoms with E-state index in [1.54, 1.807) is 11.8 Å². The number of amidine groups is 1. The van der Waals surface area contributed by atoms with Crippen LogP contribution in [0, 0.1) is 0 Å². The maximum Gasteiger partial charge on any atom is 0.170 e. The van der Waals surface area contributed by atoms with Crippen LogP contribution < -0.4 is 5.73 Å². The first-order valence-corrected chi connectivity index (χ1v) is 7.39. The smallest absolute Gasteiger partial charge is 0.170 e. The number of nitrogens with one attached hydrogen (secondary N) is 1. The fourth-order valence-corrected chi connectivity index (χ4v) is 2.86. The molecule has 3 rings (SSSR count). The molecule has 0 amide bonds. The molecule has 0 saturated carbocycles. The molecule has 0 atom stereocenters. The molecular weight excluding hydrogens is 284 g/mol. The van der Waals surface area contributed by atoms with Crippen LogP contribution in [0.4, 0.5) is 0 Å². The summed E-state index contributed by atoms with van der Waals surface area (Å²) in [5.74, 6) is 0.873. The molecule has 3 aromatic rings. The number of aromatic nitrogens is 2. The Kier molecular flexibility index (Phi) is 3.79. The summed E-state index contributed by atoms with van der Waals surface area (Å²) in [6, 6.07) is 15.6. The molecule has 6 heteroatoms. The number of imidazole rings is 1. The second-order valence-corrected chi connectivity index (χ2v) is 5.50. The monoisotopic (exact) mass is 298 g/mol. The Morgan fingerprint density at radius 2 is 2.10 bits per heavy atom. The summed E-state index contributed by atoms with van der Waals surface area (Å²) in [5, 5.41) is 12.6. The maximum absolute atomic E-state index is 8.71. The van der Waals surface area contributed by atoms with E-state index < -0.39 is 0 Å². The number of H-pyrrole nitrogens is 1. The Morgan fingerprint density at radius 1 is 1.24 bits per heavy atom. The number of para-hydroxylation sites is 2. The molecule has 0 aliphatic heterocycles. The number of aromatic amines is 1. The molecule has 0 radical (unpaired) electrons. The number of oxime groups is 1. The topological polar surface area (TPSA) is 87.3 Å². The van der Waals surface area contributed by atoms with Crippen molar-refractivity contribution >= 4 is 28.6 Å². The van der Waals surface area contributed by atoms with Crippen molar-refractivity contribution in [1.82, 2.24) is 9.97 Å². The molecule has 5 nitrogen and oxygen atoms in total. The zero-order chi connectivity index (χ0) is 14.7. The number of benzene rings is 2. The van der Waals surface area contributed by atoms with Gasteiger partial charge >= 0.3 is 0 Å². The van der Waals surface area contributed by atoms with Crippen LogP contribution in [0.3, 0.4) is 0 Å². The van der Waals surface area contributed by atoms with Gasteiger partial charge in [0.25, 0.3) is 0 Å². The molecule has 0 saturated heterocycles. The summed E-state index contributed by atoms with van der Waals surface area (Å²) in [7, 11) is 0. The average Bonchev–Trinajstić information content (AvgIpc) is 2.95. The third kappa shape index (κ3) is 3.00. The summed E-state index contributed by atoms with van der Waals surface area (Å²) < 4.78 is 0. The molecule has 106 valence electrons. The molecule has 1 aromatic heterocycles. The summed E-state index contributed by atoms with van der Waals surface area (Å²) in [6.45, 7) is 0. The molecule has 0 bridgehead atoms. The van der Waals surface area contributed by atoms with Gasteiger partial charge < -0.3 is 15.9 Å². The Hall–Kier alpha value is -2.47. The lowest BCUT2D eigenvalue weighted by molar-refractivity contribution is 0.318. The first kappa shape index (κ1) is 13.5. The van der Waals surface area contributed by atoms with Gasteiger partial charge in [-0.15, -0.1) is 0 Å². The molecule has 0 spiro atoms. The SMILES string of the molecule is N/C(=N\O)c1cccc(CSc2nc3ccccc3[nH]2)c1. The van der Waals surface area contributed by atoms with E-state index in [4.69, 9.17) is 10.9 Å². The predicted octanol–water partition coefficient (Wildman–Crippen LogP) is 2.95. The van der Waals surface area contributed by atoms with Crippen LogP contribution in [0.1, 0.15) is 11.1 Å². The number of nitrogens with zero attached hydrogens (tertiary/aromatic N) is 2. The molecule has 21 heavy (non-hydrogen) atoms. The lowest BCUT2D eigenvalue weighted by atomic mass is 10.1. The van der Waals surface area contributed by atoms with Gasteiger partial charge in [0.05, 0.1) is 11.0 Å². The Morgan fingerprint density at radius 3 is 2.90 bits per heavy atom. The minimum absolute atomic E-state index is 0.116. The molecule has 0 aliphatic rings. The van der Waals surface area contributed by atoms with Crippen molar-refractivity contribution in [1.29, 1.82) is 0 Å². The normalized spacial score (nSPS) is 11.9. The number of hydrogen-bond donors (Lipinski definition) is 3. The number of fused-ring (bicyclic) bond motifs is 1. The van der Waals surface area contributed by atoms with Gasteiger partial charge in [-0.1, -0.05) is 47.2 Å². The van der Waals surface area contributed by atoms with Crippen LogP contribution >= 0.6 is 11.8 Å². The van der Waals surface area contributed by atoms with Crippen molar-refractivity contribution in [3.63, 3.8) is 0 Å². The zero-order valence-corrected chi connectivity index (χ0v) is 12.0. The molecule has 4 N–H and O–H groups in total. The van der Waals surface area contributed by atoms with Crippen LogP contribution in [-0.2, 0) is 5.75 Å². The maximum atomic E-state index is 8.71. The van der Waals surface area contributed by atoms with Gasteiger partial charge in [0.1, 0.15) is 0 Å². The number of rotatable bonds is 4. The van der Waals surface area contributed by atoms with Crippen LogP contribution in [0.25, 0.3) is 11.0 Å². The molecule has 1 heterocycles. The summed E-state index contributed by atoms with van der Waals surface area (Å²) in [6.07, 6.45) is 0. The van der Waals surface area contributed by atoms with E-state index in [0.717, 1.165) is 27.5 Å². The van der Waals surface area contributed by atoms with Crippen molar-refractivity contribution in [2.24, 2.45) is 10.9 Å². The fourth-order valence-electron chi connectivity index (χ4n) is 2.03. The molecule has 0 fully saturated rings. The number of thioether (sulfide) groups is 1. The van der Waals surface area contributed by atoms with Crippen LogP contribution in [0.2, 0.25) is 0 Å². The lowest BCUT2D eigenvalue weighted by Gasteiger charge is -2.03. The summed E-state index contributed by atoms with van der Waals surface area (Å²) in [5.41, 5.74) is 9.39. The molecule has 0 unspecified atom stereocenters. The quantitative estimate of drug-likeness (QED) is 0.227. The van der Waals surface area contributed by atoms with Crippen molar-refractivity contribution in [2.45, 2.75) is 10.9 Å². The van der Waals surface area contributed by atoms with Gasteiger partial charge in [-0.3, -0.25) is 0 Å². The van der Waals surface area contributed by atoms with E-state index in [9.17, 15) is 0 Å². The average molecular weight is 298 g/mol. The van der Waals surface area contributed by atoms with Crippen LogP contribution in [0.15, 0.2) is 58.8 Å². The van der Waals surface area contributed by atoms with Crippen LogP contribution in [0.5, 0.6) is 0 Å². The fraction of sp³-hybridized carbons (Fsp3) is 0.0667. The molecular formula is C15H14N4OS. The van der Waals surface area contributed by atoms with Crippen LogP contribution in [-0.4, -0.2) is 21.0 Å². The summed E-state index contributed by atoms with van der Waals surface area (Å²) in [4.78, 5) is 7.80. The lowest BCUT2D eigenvalue weighted by Crippen LogP contribution is -2.13. The summed E-state index contributed by atoms with van der Waals surface area (Å²) >= 11 is 1.62. The van der Waals surface area contributed by atoms with Crippen molar-refractivity contribution in [3.05, 3.63) is 59.7 Å². The standard InChI is InChI=1S/C15H14N4OS/c16-14(19-20)11-5-3-4-10(8-11)9-21-15-17-12-6-1-2-7-13(12)18-15/h1-8,20H,9H2,(H2,16,19)(H,17,18). The van der Waals surface area contributed by atoms with E-state index in [1.165, 1.54) is 0 Å². The molecule has 0 aliphatic carbocycles. The first-order valence-electron chi connectivity index (χ1n) is 6.40. The van der Waals surface area contributed by atoms with Crippen molar-refractivity contribution in [2.75, 3.05) is 0 Å². The van der Waals surface area contributed by atoms with Crippen molar-refractivity contribution in [3.8, 4) is 0 Å². The second kappa shape index (κ2) is 5.88. The van der Waals surface area contributed by atoms with E-state index in [0.29, 0.717) is 5.56 Å².